The Morgan fingerprint density at radius 1 is 1.07 bits per heavy atom. The zero-order valence-electron chi connectivity index (χ0n) is 17.8. The smallest absolute Gasteiger partial charge is 0.193 e. The van der Waals surface area contributed by atoms with Crippen LogP contribution in [0, 0.1) is 5.92 Å². The average molecular weight is 405 g/mol. The van der Waals surface area contributed by atoms with Crippen LogP contribution in [-0.2, 0) is 17.9 Å². The van der Waals surface area contributed by atoms with E-state index in [-0.39, 0.29) is 0 Å². The van der Waals surface area contributed by atoms with Crippen LogP contribution in [0.1, 0.15) is 17.5 Å². The lowest BCUT2D eigenvalue weighted by Crippen LogP contribution is -2.39. The number of hydrogen-bond donors (Lipinski definition) is 1. The Kier molecular flexibility index (Phi) is 7.03. The second-order valence-electron chi connectivity index (χ2n) is 8.05. The second kappa shape index (κ2) is 10.3. The van der Waals surface area contributed by atoms with Crippen molar-refractivity contribution in [3.63, 3.8) is 0 Å². The van der Waals surface area contributed by atoms with Gasteiger partial charge in [-0.05, 0) is 29.7 Å². The quantitative estimate of drug-likeness (QED) is 0.434. The van der Waals surface area contributed by atoms with Crippen LogP contribution in [0.5, 0.6) is 0 Å². The first-order valence-corrected chi connectivity index (χ1v) is 10.9. The van der Waals surface area contributed by atoms with Crippen molar-refractivity contribution in [2.24, 2.45) is 10.9 Å². The van der Waals surface area contributed by atoms with Crippen LogP contribution in [0.15, 0.2) is 71.7 Å². The van der Waals surface area contributed by atoms with Crippen LogP contribution in [0.2, 0.25) is 0 Å². The molecule has 0 spiro atoms. The van der Waals surface area contributed by atoms with E-state index in [0.717, 1.165) is 51.7 Å². The number of hydrogen-bond acceptors (Lipinski definition) is 3. The van der Waals surface area contributed by atoms with Crippen molar-refractivity contribution in [1.82, 2.24) is 10.2 Å². The van der Waals surface area contributed by atoms with Crippen molar-refractivity contribution in [2.45, 2.75) is 19.6 Å². The van der Waals surface area contributed by atoms with Crippen LogP contribution >= 0.6 is 0 Å². The first-order chi connectivity index (χ1) is 14.8. The molecule has 0 aromatic heterocycles. The van der Waals surface area contributed by atoms with E-state index in [9.17, 15) is 0 Å². The first-order valence-electron chi connectivity index (χ1n) is 10.9. The fraction of sp³-hybridized carbons (Fsp3) is 0.400. The topological polar surface area (TPSA) is 40.1 Å². The lowest BCUT2D eigenvalue weighted by molar-refractivity contribution is 0.0906. The van der Waals surface area contributed by atoms with Gasteiger partial charge < -0.3 is 19.9 Å². The van der Waals surface area contributed by atoms with Crippen molar-refractivity contribution in [1.29, 1.82) is 0 Å². The van der Waals surface area contributed by atoms with Crippen molar-refractivity contribution in [3.8, 4) is 0 Å². The number of benzene rings is 2. The second-order valence-corrected chi connectivity index (χ2v) is 8.05. The van der Waals surface area contributed by atoms with E-state index in [2.05, 4.69) is 80.8 Å². The SMILES string of the molecule is CN=C(NCc1cccc(N2CC=CC2)c1)N1CCC(COCc2ccccc2)C1. The molecule has 0 amide bonds. The van der Waals surface area contributed by atoms with Crippen LogP contribution in [-0.4, -0.2) is 50.7 Å². The number of nitrogens with one attached hydrogen (secondary N) is 1. The molecule has 1 N–H and O–H groups in total. The molecule has 30 heavy (non-hydrogen) atoms. The Balaban J connectivity index is 1.23. The molecule has 2 aliphatic heterocycles. The molecule has 0 aliphatic carbocycles. The average Bonchev–Trinajstić information content (AvgIpc) is 3.48. The van der Waals surface area contributed by atoms with Gasteiger partial charge >= 0.3 is 0 Å². The maximum absolute atomic E-state index is 5.96. The maximum atomic E-state index is 5.96. The number of anilines is 1. The zero-order chi connectivity index (χ0) is 20.6. The number of guanidine groups is 1. The van der Waals surface area contributed by atoms with Crippen LogP contribution in [0.4, 0.5) is 5.69 Å². The summed E-state index contributed by atoms with van der Waals surface area (Å²) in [5, 5.41) is 3.55. The highest BCUT2D eigenvalue weighted by Crippen LogP contribution is 2.20. The number of aliphatic imine (C=N–C) groups is 1. The summed E-state index contributed by atoms with van der Waals surface area (Å²) in [4.78, 5) is 9.24. The third-order valence-electron chi connectivity index (χ3n) is 5.81. The van der Waals surface area contributed by atoms with E-state index in [1.807, 2.05) is 13.1 Å². The summed E-state index contributed by atoms with van der Waals surface area (Å²) in [7, 11) is 1.87. The van der Waals surface area contributed by atoms with E-state index < -0.39 is 0 Å². The van der Waals surface area contributed by atoms with Crippen LogP contribution in [0.3, 0.4) is 0 Å². The fourth-order valence-electron chi connectivity index (χ4n) is 4.14. The van der Waals surface area contributed by atoms with Gasteiger partial charge in [0.05, 0.1) is 13.2 Å². The van der Waals surface area contributed by atoms with Gasteiger partial charge in [-0.1, -0.05) is 54.6 Å². The van der Waals surface area contributed by atoms with E-state index >= 15 is 0 Å². The summed E-state index contributed by atoms with van der Waals surface area (Å²) in [5.74, 6) is 1.53. The van der Waals surface area contributed by atoms with Gasteiger partial charge in [-0.3, -0.25) is 4.99 Å². The number of nitrogens with zero attached hydrogens (tertiary/aromatic N) is 3. The standard InChI is InChI=1S/C25H32N4O/c1-26-25(27-17-22-10-7-11-24(16-22)28-13-5-6-14-28)29-15-12-23(18-29)20-30-19-21-8-3-2-4-9-21/h2-11,16,23H,12-15,17-20H2,1H3,(H,26,27). The Morgan fingerprint density at radius 3 is 2.67 bits per heavy atom. The third-order valence-corrected chi connectivity index (χ3v) is 5.81. The molecule has 1 atom stereocenters. The van der Waals surface area contributed by atoms with E-state index in [4.69, 9.17) is 4.74 Å². The molecule has 0 radical (unpaired) electrons. The molecule has 1 unspecified atom stereocenters. The highest BCUT2D eigenvalue weighted by Gasteiger charge is 2.25. The maximum Gasteiger partial charge on any atom is 0.193 e. The number of ether oxygens (including phenoxy) is 1. The van der Waals surface area contributed by atoms with Gasteiger partial charge in [-0.2, -0.15) is 0 Å². The molecule has 158 valence electrons. The van der Waals surface area contributed by atoms with Crippen LogP contribution in [0.25, 0.3) is 0 Å². The minimum Gasteiger partial charge on any atom is -0.376 e. The predicted molar refractivity (Wildman–Crippen MR) is 124 cm³/mol. The van der Waals surface area contributed by atoms with Crippen LogP contribution < -0.4 is 10.2 Å². The van der Waals surface area contributed by atoms with Gasteiger partial charge in [0.25, 0.3) is 0 Å². The zero-order valence-corrected chi connectivity index (χ0v) is 17.8. The third kappa shape index (κ3) is 5.42. The summed E-state index contributed by atoms with van der Waals surface area (Å²) < 4.78 is 5.96. The van der Waals surface area contributed by atoms with Gasteiger partial charge in [0, 0.05) is 51.4 Å². The van der Waals surface area contributed by atoms with Gasteiger partial charge in [0.1, 0.15) is 0 Å². The molecule has 0 bridgehead atoms. The summed E-state index contributed by atoms with van der Waals surface area (Å²) >= 11 is 0. The molecule has 1 fully saturated rings. The summed E-state index contributed by atoms with van der Waals surface area (Å²) in [5.41, 5.74) is 3.80. The minimum atomic E-state index is 0.554. The molecule has 5 nitrogen and oxygen atoms in total. The molecular weight excluding hydrogens is 372 g/mol. The van der Waals surface area contributed by atoms with Gasteiger partial charge in [0.15, 0.2) is 5.96 Å². The molecule has 2 aromatic carbocycles. The molecule has 2 aliphatic rings. The summed E-state index contributed by atoms with van der Waals surface area (Å²) in [6.07, 6.45) is 5.59. The molecule has 2 heterocycles. The minimum absolute atomic E-state index is 0.554. The molecular formula is C25H32N4O. The fourth-order valence-corrected chi connectivity index (χ4v) is 4.14. The lowest BCUT2D eigenvalue weighted by Gasteiger charge is -2.22. The van der Waals surface area contributed by atoms with Gasteiger partial charge in [-0.15, -0.1) is 0 Å². The Morgan fingerprint density at radius 2 is 1.87 bits per heavy atom. The number of rotatable bonds is 7. The molecule has 1 saturated heterocycles. The predicted octanol–water partition coefficient (Wildman–Crippen LogP) is 3.68. The monoisotopic (exact) mass is 404 g/mol. The van der Waals surface area contributed by atoms with E-state index in [0.29, 0.717) is 12.5 Å². The Labute approximate surface area is 180 Å². The van der Waals surface area contributed by atoms with Crippen molar-refractivity contribution in [2.75, 3.05) is 44.7 Å². The van der Waals surface area contributed by atoms with E-state index in [1.165, 1.54) is 16.8 Å². The molecule has 2 aromatic rings. The van der Waals surface area contributed by atoms with Crippen molar-refractivity contribution in [3.05, 3.63) is 77.9 Å². The highest BCUT2D eigenvalue weighted by molar-refractivity contribution is 5.80. The van der Waals surface area contributed by atoms with E-state index in [1.54, 1.807) is 0 Å². The highest BCUT2D eigenvalue weighted by atomic mass is 16.5. The first kappa shape index (κ1) is 20.5. The Bertz CT molecular complexity index is 856. The summed E-state index contributed by atoms with van der Waals surface area (Å²) in [6, 6.07) is 19.2. The van der Waals surface area contributed by atoms with Crippen molar-refractivity contribution < 1.29 is 4.74 Å². The molecule has 5 heteroatoms. The summed E-state index contributed by atoms with van der Waals surface area (Å²) in [6.45, 7) is 6.29. The molecule has 4 rings (SSSR count). The lowest BCUT2D eigenvalue weighted by atomic mass is 10.1. The number of likely N-dealkylation sites (tertiary alicyclic amines) is 1. The largest absolute Gasteiger partial charge is 0.376 e. The molecule has 0 saturated carbocycles. The van der Waals surface area contributed by atoms with Crippen molar-refractivity contribution >= 4 is 11.6 Å². The normalized spacial score (nSPS) is 19.0. The van der Waals surface area contributed by atoms with Gasteiger partial charge in [-0.25, -0.2) is 0 Å². The van der Waals surface area contributed by atoms with Gasteiger partial charge in [0.2, 0.25) is 0 Å². The Hall–Kier alpha value is -2.79.